The van der Waals surface area contributed by atoms with Crippen molar-refractivity contribution in [2.24, 2.45) is 0 Å². The van der Waals surface area contributed by atoms with Crippen LogP contribution in [0.15, 0.2) is 24.3 Å². The van der Waals surface area contributed by atoms with Crippen molar-refractivity contribution in [3.8, 4) is 0 Å². The molecule has 0 aliphatic carbocycles. The van der Waals surface area contributed by atoms with E-state index in [0.717, 1.165) is 6.07 Å². The van der Waals surface area contributed by atoms with Gasteiger partial charge in [-0.15, -0.1) is 0 Å². The maximum Gasteiger partial charge on any atom is 0.416 e. The van der Waals surface area contributed by atoms with E-state index in [-0.39, 0.29) is 5.56 Å². The van der Waals surface area contributed by atoms with Crippen molar-refractivity contribution >= 4 is 0 Å². The second-order valence-electron chi connectivity index (χ2n) is 4.46. The zero-order valence-corrected chi connectivity index (χ0v) is 11.3. The molecule has 1 atom stereocenters. The first-order valence-electron chi connectivity index (χ1n) is 6.21. The van der Waals surface area contributed by atoms with E-state index in [2.05, 4.69) is 0 Å². The lowest BCUT2D eigenvalue weighted by Gasteiger charge is -2.36. The van der Waals surface area contributed by atoms with Crippen molar-refractivity contribution in [1.82, 2.24) is 0 Å². The normalized spacial score (nSPS) is 14.5. The summed E-state index contributed by atoms with van der Waals surface area (Å²) in [5.74, 6) is 0. The Morgan fingerprint density at radius 3 is 2.11 bits per heavy atom. The Morgan fingerprint density at radius 2 is 1.68 bits per heavy atom. The fourth-order valence-electron chi connectivity index (χ4n) is 2.31. The number of aliphatic hydroxyl groups is 1. The monoisotopic (exact) mass is 276 g/mol. The molecule has 0 bridgehead atoms. The number of halogens is 3. The third-order valence-electron chi connectivity index (χ3n) is 3.66. The third kappa shape index (κ3) is 3.09. The van der Waals surface area contributed by atoms with Crippen LogP contribution in [-0.4, -0.2) is 17.8 Å². The van der Waals surface area contributed by atoms with Crippen LogP contribution < -0.4 is 0 Å². The fourth-order valence-corrected chi connectivity index (χ4v) is 2.31. The Hall–Kier alpha value is -1.07. The summed E-state index contributed by atoms with van der Waals surface area (Å²) in [6.45, 7) is 3.57. The molecule has 0 aliphatic heterocycles. The molecule has 1 aromatic carbocycles. The van der Waals surface area contributed by atoms with Crippen molar-refractivity contribution in [3.05, 3.63) is 35.4 Å². The standard InChI is InChI=1S/C14H19F3O2/c1-4-13(5-2,19-3)12(18)10-8-6-7-9-11(10)14(15,16)17/h6-9,12,18H,4-5H2,1-3H3. The van der Waals surface area contributed by atoms with Gasteiger partial charge in [-0.3, -0.25) is 0 Å². The first-order valence-corrected chi connectivity index (χ1v) is 6.21. The highest BCUT2D eigenvalue weighted by Gasteiger charge is 2.41. The molecule has 108 valence electrons. The summed E-state index contributed by atoms with van der Waals surface area (Å²) in [6.07, 6.45) is -4.95. The topological polar surface area (TPSA) is 29.5 Å². The van der Waals surface area contributed by atoms with E-state index >= 15 is 0 Å². The molecule has 1 unspecified atom stereocenters. The molecular formula is C14H19F3O2. The molecule has 5 heteroatoms. The molecule has 0 radical (unpaired) electrons. The largest absolute Gasteiger partial charge is 0.416 e. The lowest BCUT2D eigenvalue weighted by atomic mass is 9.84. The van der Waals surface area contributed by atoms with E-state index in [1.165, 1.54) is 25.3 Å². The highest BCUT2D eigenvalue weighted by atomic mass is 19.4. The average Bonchev–Trinajstić information content (AvgIpc) is 2.40. The van der Waals surface area contributed by atoms with Gasteiger partial charge in [0.1, 0.15) is 6.10 Å². The molecule has 0 aliphatic rings. The van der Waals surface area contributed by atoms with Crippen LogP contribution in [0.25, 0.3) is 0 Å². The highest BCUT2D eigenvalue weighted by molar-refractivity contribution is 5.33. The molecule has 0 spiro atoms. The number of aliphatic hydroxyl groups excluding tert-OH is 1. The number of ether oxygens (including phenoxy) is 1. The minimum atomic E-state index is -4.49. The number of hydrogen-bond donors (Lipinski definition) is 1. The summed E-state index contributed by atoms with van der Waals surface area (Å²) < 4.78 is 44.2. The minimum Gasteiger partial charge on any atom is -0.385 e. The Labute approximate surface area is 111 Å². The van der Waals surface area contributed by atoms with Gasteiger partial charge in [0.05, 0.1) is 11.2 Å². The van der Waals surface area contributed by atoms with Crippen molar-refractivity contribution < 1.29 is 23.0 Å². The molecular weight excluding hydrogens is 257 g/mol. The number of benzene rings is 1. The van der Waals surface area contributed by atoms with Crippen LogP contribution in [0.3, 0.4) is 0 Å². The second-order valence-corrected chi connectivity index (χ2v) is 4.46. The molecule has 0 amide bonds. The zero-order chi connectivity index (χ0) is 14.7. The lowest BCUT2D eigenvalue weighted by molar-refractivity contribution is -0.144. The maximum absolute atomic E-state index is 13.0. The number of methoxy groups -OCH3 is 1. The van der Waals surface area contributed by atoms with E-state index in [9.17, 15) is 18.3 Å². The first-order chi connectivity index (χ1) is 8.82. The summed E-state index contributed by atoms with van der Waals surface area (Å²) in [4.78, 5) is 0. The molecule has 0 saturated heterocycles. The van der Waals surface area contributed by atoms with Gasteiger partial charge >= 0.3 is 6.18 Å². The highest BCUT2D eigenvalue weighted by Crippen LogP contribution is 2.41. The van der Waals surface area contributed by atoms with Crippen LogP contribution in [0.2, 0.25) is 0 Å². The van der Waals surface area contributed by atoms with Gasteiger partial charge in [0.15, 0.2) is 0 Å². The van der Waals surface area contributed by atoms with Crippen molar-refractivity contribution in [3.63, 3.8) is 0 Å². The Morgan fingerprint density at radius 1 is 1.16 bits per heavy atom. The van der Waals surface area contributed by atoms with Gasteiger partial charge in [-0.25, -0.2) is 0 Å². The summed E-state index contributed by atoms with van der Waals surface area (Å²) in [6, 6.07) is 5.07. The quantitative estimate of drug-likeness (QED) is 0.882. The minimum absolute atomic E-state index is 0.138. The van der Waals surface area contributed by atoms with Gasteiger partial charge in [-0.2, -0.15) is 13.2 Å². The van der Waals surface area contributed by atoms with E-state index < -0.39 is 23.4 Å². The van der Waals surface area contributed by atoms with Crippen LogP contribution in [0.4, 0.5) is 13.2 Å². The van der Waals surface area contributed by atoms with Crippen molar-refractivity contribution in [2.45, 2.75) is 44.6 Å². The van der Waals surface area contributed by atoms with Gasteiger partial charge in [0.25, 0.3) is 0 Å². The van der Waals surface area contributed by atoms with E-state index in [4.69, 9.17) is 4.74 Å². The number of rotatable bonds is 5. The third-order valence-corrected chi connectivity index (χ3v) is 3.66. The number of alkyl halides is 3. The van der Waals surface area contributed by atoms with Crippen molar-refractivity contribution in [1.29, 1.82) is 0 Å². The molecule has 0 saturated carbocycles. The van der Waals surface area contributed by atoms with E-state index in [0.29, 0.717) is 12.8 Å². The second kappa shape index (κ2) is 5.92. The molecule has 1 aromatic rings. The van der Waals surface area contributed by atoms with Gasteiger partial charge in [-0.05, 0) is 24.5 Å². The molecule has 19 heavy (non-hydrogen) atoms. The molecule has 0 fully saturated rings. The predicted molar refractivity (Wildman–Crippen MR) is 66.7 cm³/mol. The van der Waals surface area contributed by atoms with Gasteiger partial charge < -0.3 is 9.84 Å². The van der Waals surface area contributed by atoms with Crippen LogP contribution in [0.1, 0.15) is 43.9 Å². The Balaban J connectivity index is 3.30. The smallest absolute Gasteiger partial charge is 0.385 e. The molecule has 0 aromatic heterocycles. The summed E-state index contributed by atoms with van der Waals surface area (Å²) >= 11 is 0. The van der Waals surface area contributed by atoms with Crippen LogP contribution in [0.5, 0.6) is 0 Å². The molecule has 1 rings (SSSR count). The van der Waals surface area contributed by atoms with Gasteiger partial charge in [-0.1, -0.05) is 32.0 Å². The summed E-state index contributed by atoms with van der Waals surface area (Å²) in [7, 11) is 1.41. The van der Waals surface area contributed by atoms with Gasteiger partial charge in [0, 0.05) is 7.11 Å². The first kappa shape index (κ1) is 16.0. The zero-order valence-electron chi connectivity index (χ0n) is 11.3. The fraction of sp³-hybridized carbons (Fsp3) is 0.571. The lowest BCUT2D eigenvalue weighted by Crippen LogP contribution is -2.38. The summed E-state index contributed by atoms with van der Waals surface area (Å²) in [5, 5.41) is 10.3. The Kier molecular flexibility index (Phi) is 4.98. The van der Waals surface area contributed by atoms with Crippen LogP contribution in [-0.2, 0) is 10.9 Å². The Bertz CT molecular complexity index is 403. The average molecular weight is 276 g/mol. The SMILES string of the molecule is CCC(CC)(OC)C(O)c1ccccc1C(F)(F)F. The molecule has 2 nitrogen and oxygen atoms in total. The van der Waals surface area contributed by atoms with Crippen molar-refractivity contribution in [2.75, 3.05) is 7.11 Å². The van der Waals surface area contributed by atoms with E-state index in [1.807, 2.05) is 0 Å². The van der Waals surface area contributed by atoms with E-state index in [1.54, 1.807) is 13.8 Å². The van der Waals surface area contributed by atoms with Crippen LogP contribution >= 0.6 is 0 Å². The van der Waals surface area contributed by atoms with Gasteiger partial charge in [0.2, 0.25) is 0 Å². The number of hydrogen-bond acceptors (Lipinski definition) is 2. The maximum atomic E-state index is 13.0. The van der Waals surface area contributed by atoms with Crippen LogP contribution in [0, 0.1) is 0 Å². The molecule has 1 N–H and O–H groups in total. The molecule has 0 heterocycles. The summed E-state index contributed by atoms with van der Waals surface area (Å²) in [5.41, 5.74) is -1.95. The predicted octanol–water partition coefficient (Wildman–Crippen LogP) is 3.94.